The van der Waals surface area contributed by atoms with E-state index in [1.807, 2.05) is 5.32 Å². The highest BCUT2D eigenvalue weighted by molar-refractivity contribution is 5.77. The van der Waals surface area contributed by atoms with E-state index in [4.69, 9.17) is 5.73 Å². The van der Waals surface area contributed by atoms with Crippen molar-refractivity contribution >= 4 is 5.91 Å². The maximum Gasteiger partial charge on any atom is 0.416 e. The SMILES string of the molecule is CC(CC(=O)NCC(F)(F)CN)c1ccccc1C(F)(F)F. The number of carbonyl (C=O) groups is 1. The Bertz CT molecular complexity index is 516. The molecule has 0 radical (unpaired) electrons. The molecule has 0 saturated heterocycles. The highest BCUT2D eigenvalue weighted by atomic mass is 19.4. The first-order valence-electron chi connectivity index (χ1n) is 6.57. The molecule has 1 amide bonds. The molecule has 0 spiro atoms. The molecule has 1 aromatic rings. The Kier molecular flexibility index (Phi) is 5.87. The van der Waals surface area contributed by atoms with Gasteiger partial charge in [0, 0.05) is 6.42 Å². The van der Waals surface area contributed by atoms with Crippen LogP contribution in [0.4, 0.5) is 22.0 Å². The van der Waals surface area contributed by atoms with Crippen LogP contribution in [0.1, 0.15) is 30.4 Å². The van der Waals surface area contributed by atoms with Crippen LogP contribution >= 0.6 is 0 Å². The van der Waals surface area contributed by atoms with Crippen molar-refractivity contribution in [3.8, 4) is 0 Å². The Morgan fingerprint density at radius 2 is 1.82 bits per heavy atom. The van der Waals surface area contributed by atoms with Crippen LogP contribution in [0.3, 0.4) is 0 Å². The van der Waals surface area contributed by atoms with Crippen LogP contribution in [0.15, 0.2) is 24.3 Å². The van der Waals surface area contributed by atoms with Gasteiger partial charge in [-0.25, -0.2) is 8.78 Å². The molecule has 0 fully saturated rings. The number of halogens is 5. The van der Waals surface area contributed by atoms with Gasteiger partial charge in [0.2, 0.25) is 5.91 Å². The van der Waals surface area contributed by atoms with Gasteiger partial charge in [-0.05, 0) is 17.5 Å². The summed E-state index contributed by atoms with van der Waals surface area (Å²) in [6, 6.07) is 4.88. The molecule has 0 aromatic heterocycles. The van der Waals surface area contributed by atoms with E-state index in [2.05, 4.69) is 0 Å². The lowest BCUT2D eigenvalue weighted by molar-refractivity contribution is -0.138. The first-order chi connectivity index (χ1) is 10.1. The van der Waals surface area contributed by atoms with E-state index in [0.717, 1.165) is 6.07 Å². The third-order valence-electron chi connectivity index (χ3n) is 3.13. The van der Waals surface area contributed by atoms with Crippen molar-refractivity contribution in [1.82, 2.24) is 5.32 Å². The highest BCUT2D eigenvalue weighted by Crippen LogP contribution is 2.35. The molecule has 3 N–H and O–H groups in total. The fraction of sp³-hybridized carbons (Fsp3) is 0.500. The number of benzene rings is 1. The third-order valence-corrected chi connectivity index (χ3v) is 3.13. The lowest BCUT2D eigenvalue weighted by Crippen LogP contribution is -2.41. The van der Waals surface area contributed by atoms with Crippen LogP contribution in [0, 0.1) is 0 Å². The summed E-state index contributed by atoms with van der Waals surface area (Å²) in [5, 5.41) is 1.98. The molecule has 3 nitrogen and oxygen atoms in total. The molecule has 0 bridgehead atoms. The molecule has 0 heterocycles. The maximum atomic E-state index is 12.9. The lowest BCUT2D eigenvalue weighted by Gasteiger charge is -2.19. The average molecular weight is 324 g/mol. The second-order valence-electron chi connectivity index (χ2n) is 5.03. The van der Waals surface area contributed by atoms with E-state index in [1.54, 1.807) is 0 Å². The molecule has 0 aliphatic heterocycles. The number of amides is 1. The molecule has 0 aliphatic carbocycles. The van der Waals surface area contributed by atoms with E-state index >= 15 is 0 Å². The maximum absolute atomic E-state index is 12.9. The molecule has 22 heavy (non-hydrogen) atoms. The Labute approximate surface area is 124 Å². The standard InChI is InChI=1S/C14H17F5N2O/c1-9(6-12(22)21-8-13(15,16)7-20)10-4-2-3-5-11(10)14(17,18)19/h2-5,9H,6-8,20H2,1H3,(H,21,22). The van der Waals surface area contributed by atoms with Crippen molar-refractivity contribution in [2.24, 2.45) is 5.73 Å². The monoisotopic (exact) mass is 324 g/mol. The van der Waals surface area contributed by atoms with Gasteiger partial charge in [-0.3, -0.25) is 4.79 Å². The average Bonchev–Trinajstić information content (AvgIpc) is 2.44. The first-order valence-corrected chi connectivity index (χ1v) is 6.57. The minimum Gasteiger partial charge on any atom is -0.350 e. The van der Waals surface area contributed by atoms with E-state index in [0.29, 0.717) is 0 Å². The van der Waals surface area contributed by atoms with E-state index in [1.165, 1.54) is 25.1 Å². The molecular weight excluding hydrogens is 307 g/mol. The Hall–Kier alpha value is -1.70. The molecule has 8 heteroatoms. The fourth-order valence-corrected chi connectivity index (χ4v) is 1.95. The number of hydrogen-bond acceptors (Lipinski definition) is 2. The number of nitrogens with one attached hydrogen (secondary N) is 1. The van der Waals surface area contributed by atoms with Crippen molar-refractivity contribution in [2.45, 2.75) is 31.4 Å². The van der Waals surface area contributed by atoms with Crippen LogP contribution in [-0.4, -0.2) is 24.9 Å². The number of nitrogens with two attached hydrogens (primary N) is 1. The second kappa shape index (κ2) is 7.04. The van der Waals surface area contributed by atoms with Crippen LogP contribution in [0.5, 0.6) is 0 Å². The normalized spacial score (nSPS) is 13.8. The first kappa shape index (κ1) is 18.3. The number of hydrogen-bond donors (Lipinski definition) is 2. The minimum absolute atomic E-state index is 0.0456. The summed E-state index contributed by atoms with van der Waals surface area (Å²) < 4.78 is 64.5. The number of carbonyl (C=O) groups excluding carboxylic acids is 1. The van der Waals surface area contributed by atoms with Crippen LogP contribution < -0.4 is 11.1 Å². The summed E-state index contributed by atoms with van der Waals surface area (Å²) in [5.74, 6) is -4.75. The van der Waals surface area contributed by atoms with Gasteiger partial charge in [-0.1, -0.05) is 25.1 Å². The molecule has 0 saturated carbocycles. The van der Waals surface area contributed by atoms with Crippen molar-refractivity contribution in [2.75, 3.05) is 13.1 Å². The zero-order valence-corrected chi connectivity index (χ0v) is 11.9. The zero-order chi connectivity index (χ0) is 17.0. The van der Waals surface area contributed by atoms with Gasteiger partial charge in [0.15, 0.2) is 0 Å². The number of alkyl halides is 5. The molecule has 1 atom stereocenters. The predicted octanol–water partition coefficient (Wildman–Crippen LogP) is 2.91. The molecular formula is C14H17F5N2O. The topological polar surface area (TPSA) is 55.1 Å². The van der Waals surface area contributed by atoms with Crippen LogP contribution in [0.2, 0.25) is 0 Å². The van der Waals surface area contributed by atoms with E-state index in [-0.39, 0.29) is 12.0 Å². The molecule has 1 rings (SSSR count). The van der Waals surface area contributed by atoms with Crippen molar-refractivity contribution in [3.63, 3.8) is 0 Å². The van der Waals surface area contributed by atoms with E-state index in [9.17, 15) is 26.7 Å². The van der Waals surface area contributed by atoms with Gasteiger partial charge >= 0.3 is 6.18 Å². The van der Waals surface area contributed by atoms with E-state index < -0.39 is 42.6 Å². The van der Waals surface area contributed by atoms with Gasteiger partial charge < -0.3 is 11.1 Å². The molecule has 124 valence electrons. The number of rotatable bonds is 6. The quantitative estimate of drug-likeness (QED) is 0.791. The van der Waals surface area contributed by atoms with Crippen molar-refractivity contribution < 1.29 is 26.7 Å². The summed E-state index contributed by atoms with van der Waals surface area (Å²) in [6.45, 7) is -0.416. The van der Waals surface area contributed by atoms with Crippen molar-refractivity contribution in [3.05, 3.63) is 35.4 Å². The largest absolute Gasteiger partial charge is 0.416 e. The summed E-state index contributed by atoms with van der Waals surface area (Å²) in [7, 11) is 0. The Morgan fingerprint density at radius 1 is 1.23 bits per heavy atom. The minimum atomic E-state index is -4.53. The molecule has 0 aliphatic rings. The Morgan fingerprint density at radius 3 is 2.36 bits per heavy atom. The summed E-state index contributed by atoms with van der Waals surface area (Å²) in [6.07, 6.45) is -4.86. The van der Waals surface area contributed by atoms with Crippen molar-refractivity contribution in [1.29, 1.82) is 0 Å². The van der Waals surface area contributed by atoms with Gasteiger partial charge in [-0.15, -0.1) is 0 Å². The van der Waals surface area contributed by atoms with Gasteiger partial charge in [0.25, 0.3) is 5.92 Å². The third kappa shape index (κ3) is 5.25. The zero-order valence-electron chi connectivity index (χ0n) is 11.9. The summed E-state index contributed by atoms with van der Waals surface area (Å²) in [4.78, 5) is 11.6. The van der Waals surface area contributed by atoms with Gasteiger partial charge in [0.05, 0.1) is 18.7 Å². The summed E-state index contributed by atoms with van der Waals surface area (Å²) >= 11 is 0. The van der Waals surface area contributed by atoms with Crippen LogP contribution in [-0.2, 0) is 11.0 Å². The fourth-order valence-electron chi connectivity index (χ4n) is 1.95. The van der Waals surface area contributed by atoms with Gasteiger partial charge in [0.1, 0.15) is 0 Å². The van der Waals surface area contributed by atoms with Crippen LogP contribution in [0.25, 0.3) is 0 Å². The Balaban J connectivity index is 2.74. The predicted molar refractivity (Wildman–Crippen MR) is 71.5 cm³/mol. The molecule has 1 unspecified atom stereocenters. The highest BCUT2D eigenvalue weighted by Gasteiger charge is 2.34. The second-order valence-corrected chi connectivity index (χ2v) is 5.03. The summed E-state index contributed by atoms with van der Waals surface area (Å²) in [5.41, 5.74) is 3.95. The lowest BCUT2D eigenvalue weighted by atomic mass is 9.92. The van der Waals surface area contributed by atoms with Gasteiger partial charge in [-0.2, -0.15) is 13.2 Å². The molecule has 1 aromatic carbocycles. The smallest absolute Gasteiger partial charge is 0.350 e.